The highest BCUT2D eigenvalue weighted by Gasteiger charge is 2.18. The van der Waals surface area contributed by atoms with Crippen molar-refractivity contribution < 1.29 is 9.47 Å². The Morgan fingerprint density at radius 1 is 1.20 bits per heavy atom. The van der Waals surface area contributed by atoms with Crippen molar-refractivity contribution in [2.45, 2.75) is 13.3 Å². The van der Waals surface area contributed by atoms with E-state index < -0.39 is 0 Å². The zero-order valence-electron chi connectivity index (χ0n) is 11.6. The molecule has 0 radical (unpaired) electrons. The fourth-order valence-electron chi connectivity index (χ4n) is 2.09. The van der Waals surface area contributed by atoms with Crippen LogP contribution in [0.4, 0.5) is 5.82 Å². The second kappa shape index (κ2) is 6.09. The molecule has 0 fully saturated rings. The molecule has 0 saturated heterocycles. The highest BCUT2D eigenvalue weighted by atomic mass is 79.9. The Bertz CT molecular complexity index is 632. The van der Waals surface area contributed by atoms with Gasteiger partial charge in [-0.1, -0.05) is 6.92 Å². The molecule has 0 amide bonds. The normalized spacial score (nSPS) is 10.4. The van der Waals surface area contributed by atoms with Crippen molar-refractivity contribution in [2.75, 3.05) is 20.0 Å². The number of anilines is 1. The van der Waals surface area contributed by atoms with Crippen LogP contribution in [0, 0.1) is 0 Å². The van der Waals surface area contributed by atoms with Gasteiger partial charge in [0.15, 0.2) is 0 Å². The van der Waals surface area contributed by atoms with E-state index in [1.807, 2.05) is 19.1 Å². The van der Waals surface area contributed by atoms with E-state index in [0.29, 0.717) is 17.3 Å². The van der Waals surface area contributed by atoms with Crippen LogP contribution in [-0.4, -0.2) is 24.2 Å². The Hall–Kier alpha value is -1.82. The molecule has 0 aliphatic carbocycles. The molecule has 0 unspecified atom stereocenters. The van der Waals surface area contributed by atoms with Gasteiger partial charge in [0.25, 0.3) is 0 Å². The van der Waals surface area contributed by atoms with Crippen LogP contribution in [0.2, 0.25) is 0 Å². The molecular weight excluding hydrogens is 322 g/mol. The van der Waals surface area contributed by atoms with Crippen molar-refractivity contribution in [1.82, 2.24) is 9.97 Å². The first-order valence-electron chi connectivity index (χ1n) is 6.14. The molecule has 0 spiro atoms. The van der Waals surface area contributed by atoms with E-state index in [9.17, 15) is 0 Å². The third-order valence-electron chi connectivity index (χ3n) is 3.07. The van der Waals surface area contributed by atoms with Gasteiger partial charge in [-0.15, -0.1) is 0 Å². The lowest BCUT2D eigenvalue weighted by atomic mass is 10.0. The standard InChI is InChI=1S/C14H16BrN3O2/c1-4-8-12(17-7-18-14(8)16)9-5-6-10(19-2)11(15)13(9)20-3/h5-7H,4H2,1-3H3,(H2,16,17,18). The summed E-state index contributed by atoms with van der Waals surface area (Å²) in [5.41, 5.74) is 8.46. The van der Waals surface area contributed by atoms with Gasteiger partial charge in [0.05, 0.1) is 19.9 Å². The molecule has 0 aliphatic heterocycles. The predicted molar refractivity (Wildman–Crippen MR) is 82.1 cm³/mol. The quantitative estimate of drug-likeness (QED) is 0.928. The molecule has 0 bridgehead atoms. The second-order valence-electron chi connectivity index (χ2n) is 4.10. The Kier molecular flexibility index (Phi) is 4.44. The zero-order chi connectivity index (χ0) is 14.7. The van der Waals surface area contributed by atoms with Crippen LogP contribution in [0.1, 0.15) is 12.5 Å². The monoisotopic (exact) mass is 337 g/mol. The van der Waals surface area contributed by atoms with Gasteiger partial charge in [-0.2, -0.15) is 0 Å². The van der Waals surface area contributed by atoms with Gasteiger partial charge in [0, 0.05) is 11.1 Å². The van der Waals surface area contributed by atoms with E-state index in [1.165, 1.54) is 6.33 Å². The first-order valence-corrected chi connectivity index (χ1v) is 6.93. The van der Waals surface area contributed by atoms with Gasteiger partial charge < -0.3 is 15.2 Å². The van der Waals surface area contributed by atoms with E-state index >= 15 is 0 Å². The van der Waals surface area contributed by atoms with Gasteiger partial charge >= 0.3 is 0 Å². The van der Waals surface area contributed by atoms with Gasteiger partial charge in [-0.3, -0.25) is 0 Å². The molecule has 0 aliphatic rings. The number of nitrogen functional groups attached to an aromatic ring is 1. The Balaban J connectivity index is 2.70. The average Bonchev–Trinajstić information content (AvgIpc) is 2.46. The minimum atomic E-state index is 0.492. The topological polar surface area (TPSA) is 70.3 Å². The Morgan fingerprint density at radius 3 is 2.55 bits per heavy atom. The SMILES string of the molecule is CCc1c(N)ncnc1-c1ccc(OC)c(Br)c1OC. The van der Waals surface area contributed by atoms with Crippen LogP contribution >= 0.6 is 15.9 Å². The van der Waals surface area contributed by atoms with Crippen molar-refractivity contribution in [3.8, 4) is 22.8 Å². The molecule has 2 aromatic rings. The molecule has 106 valence electrons. The summed E-state index contributed by atoms with van der Waals surface area (Å²) in [5.74, 6) is 1.86. The lowest BCUT2D eigenvalue weighted by molar-refractivity contribution is 0.390. The fourth-order valence-corrected chi connectivity index (χ4v) is 2.76. The summed E-state index contributed by atoms with van der Waals surface area (Å²) < 4.78 is 11.5. The molecule has 0 atom stereocenters. The zero-order valence-corrected chi connectivity index (χ0v) is 13.2. The molecule has 2 rings (SSSR count). The van der Waals surface area contributed by atoms with Crippen molar-refractivity contribution >= 4 is 21.7 Å². The van der Waals surface area contributed by atoms with Crippen molar-refractivity contribution in [2.24, 2.45) is 0 Å². The first kappa shape index (κ1) is 14.6. The lowest BCUT2D eigenvalue weighted by Crippen LogP contribution is -2.03. The summed E-state index contributed by atoms with van der Waals surface area (Å²) >= 11 is 3.49. The molecule has 6 heteroatoms. The summed E-state index contributed by atoms with van der Waals surface area (Å²) in [7, 11) is 3.22. The number of nitrogens with zero attached hydrogens (tertiary/aromatic N) is 2. The van der Waals surface area contributed by atoms with E-state index in [-0.39, 0.29) is 0 Å². The predicted octanol–water partition coefficient (Wildman–Crippen LogP) is 3.07. The maximum Gasteiger partial charge on any atom is 0.146 e. The highest BCUT2D eigenvalue weighted by molar-refractivity contribution is 9.10. The molecular formula is C14H16BrN3O2. The van der Waals surface area contributed by atoms with Crippen LogP contribution in [-0.2, 0) is 6.42 Å². The first-order chi connectivity index (χ1) is 9.63. The highest BCUT2D eigenvalue weighted by Crippen LogP contribution is 2.42. The third-order valence-corrected chi connectivity index (χ3v) is 3.82. The van der Waals surface area contributed by atoms with E-state index in [0.717, 1.165) is 27.7 Å². The largest absolute Gasteiger partial charge is 0.495 e. The summed E-state index contributed by atoms with van der Waals surface area (Å²) in [6.07, 6.45) is 2.20. The average molecular weight is 338 g/mol. The molecule has 5 nitrogen and oxygen atoms in total. The Morgan fingerprint density at radius 2 is 1.95 bits per heavy atom. The summed E-state index contributed by atoms with van der Waals surface area (Å²) in [5, 5.41) is 0. The van der Waals surface area contributed by atoms with Crippen molar-refractivity contribution in [3.63, 3.8) is 0 Å². The van der Waals surface area contributed by atoms with Crippen molar-refractivity contribution in [1.29, 1.82) is 0 Å². The molecule has 2 N–H and O–H groups in total. The minimum Gasteiger partial charge on any atom is -0.495 e. The number of hydrogen-bond donors (Lipinski definition) is 1. The lowest BCUT2D eigenvalue weighted by Gasteiger charge is -2.15. The maximum absolute atomic E-state index is 5.93. The third kappa shape index (κ3) is 2.43. The molecule has 1 aromatic heterocycles. The fraction of sp³-hybridized carbons (Fsp3) is 0.286. The number of methoxy groups -OCH3 is 2. The molecule has 0 saturated carbocycles. The molecule has 20 heavy (non-hydrogen) atoms. The van der Waals surface area contributed by atoms with E-state index in [4.69, 9.17) is 15.2 Å². The molecule has 1 aromatic carbocycles. The Labute approximate surface area is 126 Å². The van der Waals surface area contributed by atoms with Gasteiger partial charge in [-0.05, 0) is 34.5 Å². The van der Waals surface area contributed by atoms with Crippen LogP contribution in [0.15, 0.2) is 22.9 Å². The summed E-state index contributed by atoms with van der Waals surface area (Å²) in [6, 6.07) is 3.77. The summed E-state index contributed by atoms with van der Waals surface area (Å²) in [6.45, 7) is 2.02. The number of halogens is 1. The number of nitrogens with two attached hydrogens (primary N) is 1. The van der Waals surface area contributed by atoms with Crippen LogP contribution in [0.25, 0.3) is 11.3 Å². The van der Waals surface area contributed by atoms with Gasteiger partial charge in [0.2, 0.25) is 0 Å². The van der Waals surface area contributed by atoms with E-state index in [2.05, 4.69) is 25.9 Å². The summed E-state index contributed by atoms with van der Waals surface area (Å²) in [4.78, 5) is 8.39. The minimum absolute atomic E-state index is 0.492. The number of benzene rings is 1. The molecule has 1 heterocycles. The van der Waals surface area contributed by atoms with Crippen LogP contribution in [0.5, 0.6) is 11.5 Å². The smallest absolute Gasteiger partial charge is 0.146 e. The van der Waals surface area contributed by atoms with E-state index in [1.54, 1.807) is 14.2 Å². The van der Waals surface area contributed by atoms with Gasteiger partial charge in [-0.25, -0.2) is 9.97 Å². The number of hydrogen-bond acceptors (Lipinski definition) is 5. The number of ether oxygens (including phenoxy) is 2. The van der Waals surface area contributed by atoms with Crippen molar-refractivity contribution in [3.05, 3.63) is 28.5 Å². The van der Waals surface area contributed by atoms with Crippen LogP contribution in [0.3, 0.4) is 0 Å². The number of aromatic nitrogens is 2. The van der Waals surface area contributed by atoms with Crippen LogP contribution < -0.4 is 15.2 Å². The van der Waals surface area contributed by atoms with Gasteiger partial charge in [0.1, 0.15) is 28.1 Å². The second-order valence-corrected chi connectivity index (χ2v) is 4.90. The number of rotatable bonds is 4. The maximum atomic E-state index is 5.93.